The number of aliphatic carboxylic acids is 1. The predicted molar refractivity (Wildman–Crippen MR) is 72.0 cm³/mol. The van der Waals surface area contributed by atoms with Crippen molar-refractivity contribution in [3.8, 4) is 5.75 Å². The zero-order valence-electron chi connectivity index (χ0n) is 11.0. The first-order valence-electron chi connectivity index (χ1n) is 6.11. The maximum absolute atomic E-state index is 13.7. The highest BCUT2D eigenvalue weighted by molar-refractivity contribution is 7.89. The second kappa shape index (κ2) is 5.82. The number of sulfonamides is 1. The minimum Gasteiger partial charge on any atom is -0.479 e. The lowest BCUT2D eigenvalue weighted by Gasteiger charge is -2.08. The number of carboxylic acids is 1. The van der Waals surface area contributed by atoms with Crippen molar-refractivity contribution in [3.63, 3.8) is 0 Å². The molecule has 1 aromatic rings. The standard InChI is InChI=1S/C13H14FNO5S/c1-8-4-9(8)6-15-21(18,19)10-2-3-12(11(14)5-10)20-7-13(16)17/h2-3,5,9,15H,1,4,6-7H2,(H,16,17). The third kappa shape index (κ3) is 4.02. The maximum Gasteiger partial charge on any atom is 0.341 e. The van der Waals surface area contributed by atoms with Crippen molar-refractivity contribution in [1.82, 2.24) is 4.72 Å². The highest BCUT2D eigenvalue weighted by Crippen LogP contribution is 2.35. The number of ether oxygens (including phenoxy) is 1. The molecule has 2 rings (SSSR count). The van der Waals surface area contributed by atoms with Crippen LogP contribution < -0.4 is 9.46 Å². The van der Waals surface area contributed by atoms with Crippen molar-refractivity contribution in [2.75, 3.05) is 13.2 Å². The van der Waals surface area contributed by atoms with Crippen molar-refractivity contribution >= 4 is 16.0 Å². The number of rotatable bonds is 7. The van der Waals surface area contributed by atoms with Gasteiger partial charge in [-0.25, -0.2) is 22.3 Å². The molecule has 0 aliphatic heterocycles. The van der Waals surface area contributed by atoms with Gasteiger partial charge in [0.15, 0.2) is 18.2 Å². The van der Waals surface area contributed by atoms with Crippen LogP contribution in [0, 0.1) is 11.7 Å². The lowest BCUT2D eigenvalue weighted by Crippen LogP contribution is -2.26. The largest absolute Gasteiger partial charge is 0.479 e. The van der Waals surface area contributed by atoms with Crippen LogP contribution in [0.3, 0.4) is 0 Å². The highest BCUT2D eigenvalue weighted by Gasteiger charge is 2.29. The first kappa shape index (κ1) is 15.5. The summed E-state index contributed by atoms with van der Waals surface area (Å²) in [5, 5.41) is 8.44. The summed E-state index contributed by atoms with van der Waals surface area (Å²) >= 11 is 0. The zero-order chi connectivity index (χ0) is 15.6. The van der Waals surface area contributed by atoms with Gasteiger partial charge in [-0.1, -0.05) is 12.2 Å². The average molecular weight is 315 g/mol. The molecule has 2 N–H and O–H groups in total. The molecular weight excluding hydrogens is 301 g/mol. The fourth-order valence-corrected chi connectivity index (χ4v) is 2.77. The Morgan fingerprint density at radius 1 is 1.52 bits per heavy atom. The van der Waals surface area contributed by atoms with Crippen LogP contribution in [0.15, 0.2) is 35.2 Å². The fraction of sp³-hybridized carbons (Fsp3) is 0.308. The number of carbonyl (C=O) groups is 1. The molecule has 21 heavy (non-hydrogen) atoms. The highest BCUT2D eigenvalue weighted by atomic mass is 32.2. The van der Waals surface area contributed by atoms with Crippen molar-refractivity contribution in [2.45, 2.75) is 11.3 Å². The Balaban J connectivity index is 2.07. The number of halogens is 1. The van der Waals surface area contributed by atoms with Crippen LogP contribution in [0.25, 0.3) is 0 Å². The van der Waals surface area contributed by atoms with Gasteiger partial charge in [0.05, 0.1) is 4.90 Å². The van der Waals surface area contributed by atoms with Crippen molar-refractivity contribution in [2.24, 2.45) is 5.92 Å². The van der Waals surface area contributed by atoms with Crippen LogP contribution >= 0.6 is 0 Å². The normalized spacial score (nSPS) is 17.6. The smallest absolute Gasteiger partial charge is 0.341 e. The number of carboxylic acid groups (broad SMARTS) is 1. The van der Waals surface area contributed by atoms with E-state index in [1.807, 2.05) is 0 Å². The summed E-state index contributed by atoms with van der Waals surface area (Å²) in [6, 6.07) is 3.04. The number of hydrogen-bond acceptors (Lipinski definition) is 4. The van der Waals surface area contributed by atoms with E-state index in [1.54, 1.807) is 0 Å². The van der Waals surface area contributed by atoms with Crippen LogP contribution in [0.4, 0.5) is 4.39 Å². The third-order valence-electron chi connectivity index (χ3n) is 3.01. The monoisotopic (exact) mass is 315 g/mol. The minimum atomic E-state index is -3.81. The van der Waals surface area contributed by atoms with E-state index in [2.05, 4.69) is 16.0 Å². The molecule has 1 saturated carbocycles. The van der Waals surface area contributed by atoms with Gasteiger partial charge >= 0.3 is 5.97 Å². The molecule has 0 bridgehead atoms. The summed E-state index contributed by atoms with van der Waals surface area (Å²) in [7, 11) is -3.81. The summed E-state index contributed by atoms with van der Waals surface area (Å²) < 4.78 is 44.7. The quantitative estimate of drug-likeness (QED) is 0.736. The molecule has 114 valence electrons. The first-order chi connectivity index (χ1) is 9.79. The molecule has 1 atom stereocenters. The van der Waals surface area contributed by atoms with Gasteiger partial charge in [0, 0.05) is 6.54 Å². The van der Waals surface area contributed by atoms with Gasteiger partial charge in [0.25, 0.3) is 0 Å². The fourth-order valence-electron chi connectivity index (χ4n) is 1.67. The van der Waals surface area contributed by atoms with E-state index >= 15 is 0 Å². The van der Waals surface area contributed by atoms with E-state index in [1.165, 1.54) is 0 Å². The van der Waals surface area contributed by atoms with Gasteiger partial charge in [-0.3, -0.25) is 0 Å². The van der Waals surface area contributed by atoms with Crippen LogP contribution in [0.2, 0.25) is 0 Å². The number of hydrogen-bond donors (Lipinski definition) is 2. The Hall–Kier alpha value is -1.93. The molecule has 0 saturated heterocycles. The van der Waals surface area contributed by atoms with Crippen LogP contribution in [-0.2, 0) is 14.8 Å². The van der Waals surface area contributed by atoms with Crippen molar-refractivity contribution in [3.05, 3.63) is 36.2 Å². The van der Waals surface area contributed by atoms with Gasteiger partial charge in [-0.2, -0.15) is 0 Å². The van der Waals surface area contributed by atoms with Crippen molar-refractivity contribution < 1.29 is 27.4 Å². The Bertz CT molecular complexity index is 686. The predicted octanol–water partition coefficient (Wildman–Crippen LogP) is 1.14. The van der Waals surface area contributed by atoms with Gasteiger partial charge in [0.1, 0.15) is 0 Å². The van der Waals surface area contributed by atoms with Gasteiger partial charge in [0.2, 0.25) is 10.0 Å². The van der Waals surface area contributed by atoms with E-state index in [0.717, 1.165) is 30.2 Å². The summed E-state index contributed by atoms with van der Waals surface area (Å²) in [4.78, 5) is 10.1. The molecule has 1 aromatic carbocycles. The molecular formula is C13H14FNO5S. The van der Waals surface area contributed by atoms with Gasteiger partial charge < -0.3 is 9.84 Å². The topological polar surface area (TPSA) is 92.7 Å². The average Bonchev–Trinajstić information content (AvgIpc) is 3.11. The number of benzene rings is 1. The molecule has 0 spiro atoms. The lowest BCUT2D eigenvalue weighted by atomic mass is 10.3. The van der Waals surface area contributed by atoms with E-state index < -0.39 is 28.4 Å². The third-order valence-corrected chi connectivity index (χ3v) is 4.43. The Labute approximate surface area is 121 Å². The molecule has 1 fully saturated rings. The molecule has 0 amide bonds. The Kier molecular flexibility index (Phi) is 4.29. The second-order valence-electron chi connectivity index (χ2n) is 4.69. The molecule has 1 unspecified atom stereocenters. The number of nitrogens with one attached hydrogen (secondary N) is 1. The minimum absolute atomic E-state index is 0.141. The molecule has 6 nitrogen and oxygen atoms in total. The molecule has 0 heterocycles. The van der Waals surface area contributed by atoms with Gasteiger partial charge in [-0.15, -0.1) is 0 Å². The first-order valence-corrected chi connectivity index (χ1v) is 7.59. The SMILES string of the molecule is C=C1CC1CNS(=O)(=O)c1ccc(OCC(=O)O)c(F)c1. The second-order valence-corrected chi connectivity index (χ2v) is 6.45. The zero-order valence-corrected chi connectivity index (χ0v) is 11.8. The van der Waals surface area contributed by atoms with E-state index in [0.29, 0.717) is 0 Å². The molecule has 1 aliphatic rings. The summed E-state index contributed by atoms with van der Waals surface area (Å²) in [5.74, 6) is -2.36. The molecule has 8 heteroatoms. The van der Waals surface area contributed by atoms with E-state index in [9.17, 15) is 17.6 Å². The van der Waals surface area contributed by atoms with E-state index in [-0.39, 0.29) is 23.1 Å². The Morgan fingerprint density at radius 3 is 2.71 bits per heavy atom. The molecule has 1 aliphatic carbocycles. The van der Waals surface area contributed by atoms with Gasteiger partial charge in [-0.05, 0) is 30.5 Å². The summed E-state index contributed by atoms with van der Waals surface area (Å²) in [5.41, 5.74) is 0.987. The maximum atomic E-state index is 13.7. The van der Waals surface area contributed by atoms with Crippen LogP contribution in [0.1, 0.15) is 6.42 Å². The van der Waals surface area contributed by atoms with Crippen LogP contribution in [-0.4, -0.2) is 32.6 Å². The van der Waals surface area contributed by atoms with Crippen LogP contribution in [0.5, 0.6) is 5.75 Å². The molecule has 0 radical (unpaired) electrons. The van der Waals surface area contributed by atoms with Crippen molar-refractivity contribution in [1.29, 1.82) is 0 Å². The lowest BCUT2D eigenvalue weighted by molar-refractivity contribution is -0.139. The Morgan fingerprint density at radius 2 is 2.19 bits per heavy atom. The summed E-state index contributed by atoms with van der Waals surface area (Å²) in [6.07, 6.45) is 0.791. The molecule has 0 aromatic heterocycles. The van der Waals surface area contributed by atoms with E-state index in [4.69, 9.17) is 5.11 Å². The summed E-state index contributed by atoms with van der Waals surface area (Å²) in [6.45, 7) is 3.26.